The molecule has 0 atom stereocenters. The first-order valence-corrected chi connectivity index (χ1v) is 7.40. The number of nitrogens with two attached hydrogens (primary N) is 1. The quantitative estimate of drug-likeness (QED) is 0.782. The fourth-order valence-electron chi connectivity index (χ4n) is 2.23. The Labute approximate surface area is 125 Å². The van der Waals surface area contributed by atoms with Crippen molar-refractivity contribution in [2.75, 3.05) is 18.8 Å². The van der Waals surface area contributed by atoms with Crippen molar-refractivity contribution in [3.8, 4) is 0 Å². The van der Waals surface area contributed by atoms with Gasteiger partial charge in [0.1, 0.15) is 0 Å². The van der Waals surface area contributed by atoms with E-state index in [9.17, 15) is 9.59 Å². The standard InChI is InChI=1S/C16H23N3O2/c1-11(2)10-19(14-7-8-14)15(20)9-18-16(21)12-3-5-13(17)6-4-12/h3-6,11,14H,7-10,17H2,1-2H3,(H,18,21). The Bertz CT molecular complexity index is 507. The Morgan fingerprint density at radius 3 is 2.43 bits per heavy atom. The lowest BCUT2D eigenvalue weighted by Gasteiger charge is -2.24. The second kappa shape index (κ2) is 6.61. The average molecular weight is 289 g/mol. The van der Waals surface area contributed by atoms with Gasteiger partial charge in [0.05, 0.1) is 6.54 Å². The molecule has 0 heterocycles. The van der Waals surface area contributed by atoms with Crippen molar-refractivity contribution in [1.29, 1.82) is 0 Å². The highest BCUT2D eigenvalue weighted by atomic mass is 16.2. The van der Waals surface area contributed by atoms with Gasteiger partial charge in [-0.1, -0.05) is 13.8 Å². The molecule has 21 heavy (non-hydrogen) atoms. The van der Waals surface area contributed by atoms with Crippen LogP contribution < -0.4 is 11.1 Å². The lowest BCUT2D eigenvalue weighted by atomic mass is 10.2. The van der Waals surface area contributed by atoms with Crippen LogP contribution in [-0.2, 0) is 4.79 Å². The van der Waals surface area contributed by atoms with E-state index in [-0.39, 0.29) is 18.4 Å². The van der Waals surface area contributed by atoms with Gasteiger partial charge in [-0.05, 0) is 43.0 Å². The van der Waals surface area contributed by atoms with Gasteiger partial charge in [-0.15, -0.1) is 0 Å². The normalized spacial score (nSPS) is 14.0. The van der Waals surface area contributed by atoms with Crippen molar-refractivity contribution in [1.82, 2.24) is 10.2 Å². The highest BCUT2D eigenvalue weighted by molar-refractivity contribution is 5.96. The van der Waals surface area contributed by atoms with E-state index in [0.29, 0.717) is 23.2 Å². The predicted molar refractivity (Wildman–Crippen MR) is 82.8 cm³/mol. The van der Waals surface area contributed by atoms with E-state index in [4.69, 9.17) is 5.73 Å². The number of nitrogens with zero attached hydrogens (tertiary/aromatic N) is 1. The molecule has 2 rings (SSSR count). The zero-order valence-corrected chi connectivity index (χ0v) is 12.6. The van der Waals surface area contributed by atoms with Gasteiger partial charge in [0.2, 0.25) is 5.91 Å². The minimum atomic E-state index is -0.247. The fraction of sp³-hybridized carbons (Fsp3) is 0.500. The number of benzene rings is 1. The third kappa shape index (κ3) is 4.48. The number of anilines is 1. The summed E-state index contributed by atoms with van der Waals surface area (Å²) >= 11 is 0. The molecule has 5 nitrogen and oxygen atoms in total. The van der Waals surface area contributed by atoms with Crippen LogP contribution in [-0.4, -0.2) is 35.8 Å². The van der Waals surface area contributed by atoms with Crippen LogP contribution in [0.3, 0.4) is 0 Å². The maximum atomic E-state index is 12.2. The number of hydrogen-bond donors (Lipinski definition) is 2. The van der Waals surface area contributed by atoms with Gasteiger partial charge in [0, 0.05) is 23.8 Å². The largest absolute Gasteiger partial charge is 0.399 e. The average Bonchev–Trinajstić information content (AvgIpc) is 3.27. The molecule has 1 aromatic rings. The molecule has 1 aliphatic carbocycles. The van der Waals surface area contributed by atoms with Crippen LogP contribution in [0.1, 0.15) is 37.0 Å². The van der Waals surface area contributed by atoms with Gasteiger partial charge in [-0.3, -0.25) is 9.59 Å². The third-order valence-corrected chi connectivity index (χ3v) is 3.44. The number of hydrogen-bond acceptors (Lipinski definition) is 3. The maximum absolute atomic E-state index is 12.2. The molecule has 0 radical (unpaired) electrons. The van der Waals surface area contributed by atoms with Gasteiger partial charge in [-0.25, -0.2) is 0 Å². The number of nitrogen functional groups attached to an aromatic ring is 1. The number of carbonyl (C=O) groups is 2. The van der Waals surface area contributed by atoms with Crippen molar-refractivity contribution < 1.29 is 9.59 Å². The first kappa shape index (κ1) is 15.4. The second-order valence-corrected chi connectivity index (χ2v) is 5.98. The molecule has 0 bridgehead atoms. The summed E-state index contributed by atoms with van der Waals surface area (Å²) in [6.45, 7) is 4.99. The van der Waals surface area contributed by atoms with Crippen LogP contribution in [0.5, 0.6) is 0 Å². The molecule has 1 aromatic carbocycles. The van der Waals surface area contributed by atoms with Crippen LogP contribution >= 0.6 is 0 Å². The lowest BCUT2D eigenvalue weighted by molar-refractivity contribution is -0.131. The zero-order valence-electron chi connectivity index (χ0n) is 12.6. The topological polar surface area (TPSA) is 75.4 Å². The molecule has 0 spiro atoms. The summed E-state index contributed by atoms with van der Waals surface area (Å²) in [7, 11) is 0. The van der Waals surface area contributed by atoms with Gasteiger partial charge in [-0.2, -0.15) is 0 Å². The first-order chi connectivity index (χ1) is 9.97. The molecule has 0 aliphatic heterocycles. The van der Waals surface area contributed by atoms with E-state index in [1.807, 2.05) is 4.90 Å². The number of amides is 2. The Morgan fingerprint density at radius 1 is 1.29 bits per heavy atom. The van der Waals surface area contributed by atoms with Crippen LogP contribution in [0, 0.1) is 5.92 Å². The molecular formula is C16H23N3O2. The van der Waals surface area contributed by atoms with Gasteiger partial charge < -0.3 is 16.0 Å². The molecule has 1 fully saturated rings. The Balaban J connectivity index is 1.87. The molecule has 3 N–H and O–H groups in total. The fourth-order valence-corrected chi connectivity index (χ4v) is 2.23. The van der Waals surface area contributed by atoms with Gasteiger partial charge in [0.15, 0.2) is 0 Å². The lowest BCUT2D eigenvalue weighted by Crippen LogP contribution is -2.43. The van der Waals surface area contributed by atoms with E-state index in [2.05, 4.69) is 19.2 Å². The minimum absolute atomic E-state index is 0.00463. The molecule has 2 amide bonds. The summed E-state index contributed by atoms with van der Waals surface area (Å²) in [5.41, 5.74) is 6.71. The summed E-state index contributed by atoms with van der Waals surface area (Å²) in [5, 5.41) is 2.68. The Kier molecular flexibility index (Phi) is 4.83. The highest BCUT2D eigenvalue weighted by Crippen LogP contribution is 2.27. The minimum Gasteiger partial charge on any atom is -0.399 e. The smallest absolute Gasteiger partial charge is 0.251 e. The van der Waals surface area contributed by atoms with Gasteiger partial charge in [0.25, 0.3) is 5.91 Å². The monoisotopic (exact) mass is 289 g/mol. The van der Waals surface area contributed by atoms with E-state index in [1.165, 1.54) is 0 Å². The summed E-state index contributed by atoms with van der Waals surface area (Å²) in [6.07, 6.45) is 2.15. The molecular weight excluding hydrogens is 266 g/mol. The third-order valence-electron chi connectivity index (χ3n) is 3.44. The van der Waals surface area contributed by atoms with E-state index in [0.717, 1.165) is 19.4 Å². The molecule has 0 unspecified atom stereocenters. The SMILES string of the molecule is CC(C)CN(C(=O)CNC(=O)c1ccc(N)cc1)C1CC1. The molecule has 1 aliphatic rings. The van der Waals surface area contributed by atoms with Gasteiger partial charge >= 0.3 is 0 Å². The van der Waals surface area contributed by atoms with Crippen molar-refractivity contribution in [3.05, 3.63) is 29.8 Å². The Hall–Kier alpha value is -2.04. The van der Waals surface area contributed by atoms with Crippen molar-refractivity contribution in [2.24, 2.45) is 5.92 Å². The summed E-state index contributed by atoms with van der Waals surface area (Å²) < 4.78 is 0. The second-order valence-electron chi connectivity index (χ2n) is 5.98. The van der Waals surface area contributed by atoms with Crippen LogP contribution in [0.2, 0.25) is 0 Å². The maximum Gasteiger partial charge on any atom is 0.251 e. The van der Waals surface area contributed by atoms with Crippen molar-refractivity contribution in [2.45, 2.75) is 32.7 Å². The van der Waals surface area contributed by atoms with Crippen LogP contribution in [0.15, 0.2) is 24.3 Å². The highest BCUT2D eigenvalue weighted by Gasteiger charge is 2.32. The van der Waals surface area contributed by atoms with E-state index >= 15 is 0 Å². The van der Waals surface area contributed by atoms with E-state index in [1.54, 1.807) is 24.3 Å². The molecule has 0 saturated heterocycles. The van der Waals surface area contributed by atoms with E-state index < -0.39 is 0 Å². The van der Waals surface area contributed by atoms with Crippen molar-refractivity contribution >= 4 is 17.5 Å². The molecule has 0 aromatic heterocycles. The predicted octanol–water partition coefficient (Wildman–Crippen LogP) is 1.65. The summed E-state index contributed by atoms with van der Waals surface area (Å²) in [6, 6.07) is 7.02. The Morgan fingerprint density at radius 2 is 1.90 bits per heavy atom. The molecule has 5 heteroatoms. The number of nitrogens with one attached hydrogen (secondary N) is 1. The molecule has 114 valence electrons. The summed E-state index contributed by atoms with van der Waals surface area (Å²) in [4.78, 5) is 26.1. The number of rotatable bonds is 6. The number of carbonyl (C=O) groups excluding carboxylic acids is 2. The van der Waals surface area contributed by atoms with Crippen molar-refractivity contribution in [3.63, 3.8) is 0 Å². The molecule has 1 saturated carbocycles. The zero-order chi connectivity index (χ0) is 15.4. The van der Waals surface area contributed by atoms with Crippen LogP contribution in [0.25, 0.3) is 0 Å². The summed E-state index contributed by atoms with van der Waals surface area (Å²) in [5.74, 6) is 0.181. The van der Waals surface area contributed by atoms with Crippen LogP contribution in [0.4, 0.5) is 5.69 Å². The first-order valence-electron chi connectivity index (χ1n) is 7.40.